The predicted molar refractivity (Wildman–Crippen MR) is 80.5 cm³/mol. The van der Waals surface area contributed by atoms with Crippen molar-refractivity contribution in [1.29, 1.82) is 0 Å². The molecule has 1 aliphatic rings. The Labute approximate surface area is 129 Å². The van der Waals surface area contributed by atoms with Gasteiger partial charge in [-0.05, 0) is 69.0 Å². The number of carbonyl (C=O) groups is 1. The van der Waals surface area contributed by atoms with Crippen molar-refractivity contribution in [3.05, 3.63) is 28.8 Å². The van der Waals surface area contributed by atoms with Crippen LogP contribution in [0, 0.1) is 19.8 Å². The fourth-order valence-corrected chi connectivity index (χ4v) is 2.81. The van der Waals surface area contributed by atoms with Crippen LogP contribution in [0.15, 0.2) is 12.1 Å². The van der Waals surface area contributed by atoms with Crippen LogP contribution in [0.25, 0.3) is 0 Å². The Balaban J connectivity index is 1.94. The molecule has 1 heterocycles. The van der Waals surface area contributed by atoms with Crippen molar-refractivity contribution in [3.8, 4) is 5.75 Å². The van der Waals surface area contributed by atoms with Crippen LogP contribution < -0.4 is 15.4 Å². The molecule has 2 rings (SSSR count). The van der Waals surface area contributed by atoms with Crippen LogP contribution in [0.4, 0.5) is 8.78 Å². The average Bonchev–Trinajstić information content (AvgIpc) is 2.95. The summed E-state index contributed by atoms with van der Waals surface area (Å²) in [7, 11) is 0. The molecular formula is C16H22F2N2O2. The summed E-state index contributed by atoms with van der Waals surface area (Å²) >= 11 is 0. The summed E-state index contributed by atoms with van der Waals surface area (Å²) in [6.07, 6.45) is 2.09. The summed E-state index contributed by atoms with van der Waals surface area (Å²) in [5, 5.41) is 6.18. The standard InChI is InChI=1S/C16H22F2N2O2/c1-10-7-13(8-11(2)14(10)22-16(17)18)15(21)20-6-4-12-3-5-19-9-12/h7-8,12,16,19H,3-6,9H2,1-2H3,(H,20,21). The summed E-state index contributed by atoms with van der Waals surface area (Å²) in [6.45, 7) is 3.13. The van der Waals surface area contributed by atoms with Crippen molar-refractivity contribution >= 4 is 5.91 Å². The number of hydrogen-bond donors (Lipinski definition) is 2. The Morgan fingerprint density at radius 1 is 1.41 bits per heavy atom. The van der Waals surface area contributed by atoms with Gasteiger partial charge in [0.25, 0.3) is 5.91 Å². The largest absolute Gasteiger partial charge is 0.434 e. The van der Waals surface area contributed by atoms with E-state index in [2.05, 4.69) is 15.4 Å². The number of nitrogens with one attached hydrogen (secondary N) is 2. The highest BCUT2D eigenvalue weighted by Crippen LogP contribution is 2.26. The molecule has 1 aromatic rings. The molecule has 0 radical (unpaired) electrons. The van der Waals surface area contributed by atoms with Crippen LogP contribution in [0.2, 0.25) is 0 Å². The molecule has 1 aromatic carbocycles. The molecule has 6 heteroatoms. The first-order valence-electron chi connectivity index (χ1n) is 7.52. The van der Waals surface area contributed by atoms with Crippen molar-refractivity contribution in [3.63, 3.8) is 0 Å². The summed E-state index contributed by atoms with van der Waals surface area (Å²) in [5.74, 6) is 0.579. The third-order valence-electron chi connectivity index (χ3n) is 3.93. The van der Waals surface area contributed by atoms with Crippen molar-refractivity contribution in [2.45, 2.75) is 33.3 Å². The molecule has 1 fully saturated rings. The van der Waals surface area contributed by atoms with Gasteiger partial charge >= 0.3 is 6.61 Å². The molecule has 1 unspecified atom stereocenters. The van der Waals surface area contributed by atoms with E-state index < -0.39 is 6.61 Å². The lowest BCUT2D eigenvalue weighted by Gasteiger charge is -2.14. The number of benzene rings is 1. The zero-order valence-corrected chi connectivity index (χ0v) is 12.9. The molecule has 0 aromatic heterocycles. The van der Waals surface area contributed by atoms with E-state index in [1.54, 1.807) is 26.0 Å². The zero-order chi connectivity index (χ0) is 16.1. The van der Waals surface area contributed by atoms with E-state index >= 15 is 0 Å². The first-order chi connectivity index (χ1) is 10.5. The predicted octanol–water partition coefficient (Wildman–Crippen LogP) is 2.63. The van der Waals surface area contributed by atoms with Crippen molar-refractivity contribution in [2.75, 3.05) is 19.6 Å². The Bertz CT molecular complexity index is 506. The Kier molecular flexibility index (Phi) is 5.71. The molecule has 0 spiro atoms. The highest BCUT2D eigenvalue weighted by atomic mass is 19.3. The highest BCUT2D eigenvalue weighted by Gasteiger charge is 2.16. The molecule has 1 aliphatic heterocycles. The molecule has 22 heavy (non-hydrogen) atoms. The lowest BCUT2D eigenvalue weighted by Crippen LogP contribution is -2.26. The number of aryl methyl sites for hydroxylation is 2. The second-order valence-corrected chi connectivity index (χ2v) is 5.72. The minimum absolute atomic E-state index is 0.142. The number of rotatable bonds is 6. The summed E-state index contributed by atoms with van der Waals surface area (Å²) in [4.78, 5) is 12.1. The van der Waals surface area contributed by atoms with Gasteiger partial charge in [0.15, 0.2) is 0 Å². The molecule has 2 N–H and O–H groups in total. The highest BCUT2D eigenvalue weighted by molar-refractivity contribution is 5.94. The monoisotopic (exact) mass is 312 g/mol. The third kappa shape index (κ3) is 4.40. The number of hydrogen-bond acceptors (Lipinski definition) is 3. The van der Waals surface area contributed by atoms with E-state index in [-0.39, 0.29) is 11.7 Å². The molecule has 1 amide bonds. The second-order valence-electron chi connectivity index (χ2n) is 5.72. The van der Waals surface area contributed by atoms with Crippen LogP contribution >= 0.6 is 0 Å². The van der Waals surface area contributed by atoms with Gasteiger partial charge in [-0.3, -0.25) is 4.79 Å². The van der Waals surface area contributed by atoms with Gasteiger partial charge < -0.3 is 15.4 Å². The third-order valence-corrected chi connectivity index (χ3v) is 3.93. The topological polar surface area (TPSA) is 50.4 Å². The molecule has 122 valence electrons. The number of halogens is 2. The van der Waals surface area contributed by atoms with Crippen molar-refractivity contribution < 1.29 is 18.3 Å². The first-order valence-corrected chi connectivity index (χ1v) is 7.52. The van der Waals surface area contributed by atoms with Crippen molar-refractivity contribution in [1.82, 2.24) is 10.6 Å². The lowest BCUT2D eigenvalue weighted by atomic mass is 10.0. The molecule has 1 atom stereocenters. The van der Waals surface area contributed by atoms with E-state index in [0.29, 0.717) is 29.2 Å². The SMILES string of the molecule is Cc1cc(C(=O)NCCC2CCNC2)cc(C)c1OC(F)F. The Morgan fingerprint density at radius 3 is 2.64 bits per heavy atom. The smallest absolute Gasteiger partial charge is 0.387 e. The van der Waals surface area contributed by atoms with Gasteiger partial charge in [-0.1, -0.05) is 0 Å². The molecule has 0 saturated carbocycles. The zero-order valence-electron chi connectivity index (χ0n) is 12.9. The van der Waals surface area contributed by atoms with E-state index in [4.69, 9.17) is 0 Å². The quantitative estimate of drug-likeness (QED) is 0.849. The maximum absolute atomic E-state index is 12.3. The van der Waals surface area contributed by atoms with Crippen LogP contribution in [-0.2, 0) is 0 Å². The minimum atomic E-state index is -2.86. The van der Waals surface area contributed by atoms with E-state index in [1.165, 1.54) is 0 Å². The summed E-state index contributed by atoms with van der Waals surface area (Å²) in [6, 6.07) is 3.16. The normalized spacial score (nSPS) is 17.8. The second kappa shape index (κ2) is 7.54. The lowest BCUT2D eigenvalue weighted by molar-refractivity contribution is -0.0507. The maximum atomic E-state index is 12.3. The Morgan fingerprint density at radius 2 is 2.09 bits per heavy atom. The van der Waals surface area contributed by atoms with Gasteiger partial charge in [-0.15, -0.1) is 0 Å². The van der Waals surface area contributed by atoms with Crippen LogP contribution in [0.3, 0.4) is 0 Å². The van der Waals surface area contributed by atoms with E-state index in [1.807, 2.05) is 0 Å². The van der Waals surface area contributed by atoms with E-state index in [0.717, 1.165) is 25.9 Å². The summed E-state index contributed by atoms with van der Waals surface area (Å²) in [5.41, 5.74) is 1.54. The molecule has 0 bridgehead atoms. The minimum Gasteiger partial charge on any atom is -0.434 e. The van der Waals surface area contributed by atoms with Gasteiger partial charge in [-0.2, -0.15) is 8.78 Å². The van der Waals surface area contributed by atoms with Gasteiger partial charge in [-0.25, -0.2) is 0 Å². The summed E-state index contributed by atoms with van der Waals surface area (Å²) < 4.78 is 29.2. The van der Waals surface area contributed by atoms with Gasteiger partial charge in [0.2, 0.25) is 0 Å². The fraction of sp³-hybridized carbons (Fsp3) is 0.562. The molecule has 4 nitrogen and oxygen atoms in total. The fourth-order valence-electron chi connectivity index (χ4n) is 2.81. The molecule has 0 aliphatic carbocycles. The molecule has 1 saturated heterocycles. The van der Waals surface area contributed by atoms with Crippen LogP contribution in [0.1, 0.15) is 34.3 Å². The first kappa shape index (κ1) is 16.7. The van der Waals surface area contributed by atoms with Crippen molar-refractivity contribution in [2.24, 2.45) is 5.92 Å². The Hall–Kier alpha value is -1.69. The van der Waals surface area contributed by atoms with Gasteiger partial charge in [0.1, 0.15) is 5.75 Å². The number of amides is 1. The number of ether oxygens (including phenoxy) is 1. The van der Waals surface area contributed by atoms with Gasteiger partial charge in [0.05, 0.1) is 0 Å². The van der Waals surface area contributed by atoms with Crippen LogP contribution in [0.5, 0.6) is 5.75 Å². The van der Waals surface area contributed by atoms with Gasteiger partial charge in [0, 0.05) is 12.1 Å². The number of alkyl halides is 2. The number of carbonyl (C=O) groups excluding carboxylic acids is 1. The van der Waals surface area contributed by atoms with E-state index in [9.17, 15) is 13.6 Å². The van der Waals surface area contributed by atoms with Crippen LogP contribution in [-0.4, -0.2) is 32.2 Å². The maximum Gasteiger partial charge on any atom is 0.387 e. The molecular weight excluding hydrogens is 290 g/mol. The average molecular weight is 312 g/mol.